The van der Waals surface area contributed by atoms with E-state index in [2.05, 4.69) is 6.92 Å². The van der Waals surface area contributed by atoms with Crippen molar-refractivity contribution in [3.8, 4) is 5.75 Å². The molecule has 0 spiro atoms. The predicted octanol–water partition coefficient (Wildman–Crippen LogP) is 6.21. The van der Waals surface area contributed by atoms with Gasteiger partial charge in [-0.05, 0) is 31.0 Å². The van der Waals surface area contributed by atoms with Crippen LogP contribution in [-0.4, -0.2) is 6.61 Å². The first-order valence-corrected chi connectivity index (χ1v) is 8.37. The zero-order chi connectivity index (χ0) is 15.7. The fourth-order valence-electron chi connectivity index (χ4n) is 2.56. The summed E-state index contributed by atoms with van der Waals surface area (Å²) in [6.07, 6.45) is 3.07. The van der Waals surface area contributed by atoms with Crippen LogP contribution in [0.3, 0.4) is 0 Å². The number of ether oxygens (including phenoxy) is 1. The second kappa shape index (κ2) is 6.21. The SMILES string of the molecule is CCCCCOc1ccc2c(sc3c(F)c(C)ccc32)c1F. The van der Waals surface area contributed by atoms with E-state index in [1.807, 2.05) is 12.1 Å². The Morgan fingerprint density at radius 2 is 1.64 bits per heavy atom. The van der Waals surface area contributed by atoms with Crippen LogP contribution in [0.25, 0.3) is 20.2 Å². The summed E-state index contributed by atoms with van der Waals surface area (Å²) >= 11 is 1.16. The van der Waals surface area contributed by atoms with E-state index in [4.69, 9.17) is 4.74 Å². The van der Waals surface area contributed by atoms with E-state index in [0.29, 0.717) is 21.6 Å². The van der Waals surface area contributed by atoms with Gasteiger partial charge in [0, 0.05) is 10.8 Å². The molecule has 116 valence electrons. The van der Waals surface area contributed by atoms with Gasteiger partial charge in [-0.3, -0.25) is 0 Å². The van der Waals surface area contributed by atoms with Gasteiger partial charge in [-0.2, -0.15) is 0 Å². The lowest BCUT2D eigenvalue weighted by Crippen LogP contribution is -1.98. The first-order valence-electron chi connectivity index (χ1n) is 7.56. The summed E-state index contributed by atoms with van der Waals surface area (Å²) in [5.74, 6) is -0.386. The van der Waals surface area contributed by atoms with Gasteiger partial charge in [-0.25, -0.2) is 8.78 Å². The third kappa shape index (κ3) is 2.56. The number of fused-ring (bicyclic) bond motifs is 3. The Labute approximate surface area is 132 Å². The minimum Gasteiger partial charge on any atom is -0.490 e. The third-order valence-corrected chi connectivity index (χ3v) is 5.06. The standard InChI is InChI=1S/C18H18F2OS/c1-3-4-5-10-21-14-9-8-13-12-7-6-11(2)15(19)17(12)22-18(13)16(14)20/h6-9H,3-5,10H2,1-2H3. The quantitative estimate of drug-likeness (QED) is 0.508. The zero-order valence-corrected chi connectivity index (χ0v) is 13.5. The number of rotatable bonds is 5. The first kappa shape index (κ1) is 15.2. The number of benzene rings is 2. The molecule has 22 heavy (non-hydrogen) atoms. The summed E-state index contributed by atoms with van der Waals surface area (Å²) < 4.78 is 35.3. The molecule has 0 aliphatic heterocycles. The minimum atomic E-state index is -0.382. The number of aryl methyl sites for hydroxylation is 1. The molecule has 1 nitrogen and oxygen atoms in total. The number of hydrogen-bond donors (Lipinski definition) is 0. The summed E-state index contributed by atoms with van der Waals surface area (Å²) in [4.78, 5) is 0. The molecule has 2 aromatic carbocycles. The molecule has 0 fully saturated rings. The van der Waals surface area contributed by atoms with E-state index in [-0.39, 0.29) is 17.4 Å². The fourth-order valence-corrected chi connectivity index (χ4v) is 3.78. The van der Waals surface area contributed by atoms with Crippen LogP contribution in [0.4, 0.5) is 8.78 Å². The van der Waals surface area contributed by atoms with Crippen molar-refractivity contribution in [2.24, 2.45) is 0 Å². The number of halogens is 2. The lowest BCUT2D eigenvalue weighted by molar-refractivity contribution is 0.293. The molecule has 0 atom stereocenters. The number of hydrogen-bond acceptors (Lipinski definition) is 2. The molecule has 0 bridgehead atoms. The molecular weight excluding hydrogens is 302 g/mol. The van der Waals surface area contributed by atoms with Gasteiger partial charge in [-0.15, -0.1) is 11.3 Å². The van der Waals surface area contributed by atoms with Crippen molar-refractivity contribution in [3.05, 3.63) is 41.5 Å². The van der Waals surface area contributed by atoms with Crippen LogP contribution < -0.4 is 4.74 Å². The topological polar surface area (TPSA) is 9.23 Å². The minimum absolute atomic E-state index is 0.257. The molecule has 1 aromatic heterocycles. The van der Waals surface area contributed by atoms with Crippen molar-refractivity contribution in [2.45, 2.75) is 33.1 Å². The molecule has 4 heteroatoms. The highest BCUT2D eigenvalue weighted by Crippen LogP contribution is 2.40. The average molecular weight is 320 g/mol. The Hall–Kier alpha value is -1.68. The summed E-state index contributed by atoms with van der Waals surface area (Å²) in [6.45, 7) is 4.34. The van der Waals surface area contributed by atoms with E-state index < -0.39 is 0 Å². The van der Waals surface area contributed by atoms with E-state index in [0.717, 1.165) is 41.4 Å². The highest BCUT2D eigenvalue weighted by Gasteiger charge is 2.16. The van der Waals surface area contributed by atoms with Gasteiger partial charge >= 0.3 is 0 Å². The normalized spacial score (nSPS) is 11.5. The van der Waals surface area contributed by atoms with Gasteiger partial charge in [0.05, 0.1) is 16.0 Å². The molecular formula is C18H18F2OS. The lowest BCUT2D eigenvalue weighted by atomic mass is 10.1. The first-order chi connectivity index (χ1) is 10.6. The Morgan fingerprint density at radius 3 is 2.36 bits per heavy atom. The summed E-state index contributed by atoms with van der Waals surface area (Å²) in [5, 5.41) is 1.51. The van der Waals surface area contributed by atoms with Gasteiger partial charge in [0.15, 0.2) is 11.6 Å². The van der Waals surface area contributed by atoms with Crippen molar-refractivity contribution in [1.82, 2.24) is 0 Å². The number of unbranched alkanes of at least 4 members (excludes halogenated alkanes) is 2. The number of thiophene rings is 1. The molecule has 3 rings (SSSR count). The molecule has 0 amide bonds. The zero-order valence-electron chi connectivity index (χ0n) is 12.7. The van der Waals surface area contributed by atoms with Gasteiger partial charge < -0.3 is 4.74 Å². The van der Waals surface area contributed by atoms with E-state index >= 15 is 0 Å². The van der Waals surface area contributed by atoms with Crippen molar-refractivity contribution in [3.63, 3.8) is 0 Å². The van der Waals surface area contributed by atoms with Crippen LogP contribution >= 0.6 is 11.3 Å². The maximum atomic E-state index is 14.6. The Morgan fingerprint density at radius 1 is 0.955 bits per heavy atom. The molecule has 0 N–H and O–H groups in total. The molecule has 0 unspecified atom stereocenters. The Bertz CT molecular complexity index is 823. The van der Waals surface area contributed by atoms with E-state index in [9.17, 15) is 8.78 Å². The van der Waals surface area contributed by atoms with Crippen LogP contribution in [0.15, 0.2) is 24.3 Å². The monoisotopic (exact) mass is 320 g/mol. The lowest BCUT2D eigenvalue weighted by Gasteiger charge is -2.07. The Balaban J connectivity index is 2.03. The maximum Gasteiger partial charge on any atom is 0.182 e. The van der Waals surface area contributed by atoms with Gasteiger partial charge in [0.25, 0.3) is 0 Å². The molecule has 0 aliphatic carbocycles. The maximum absolute atomic E-state index is 14.6. The average Bonchev–Trinajstić information content (AvgIpc) is 2.90. The van der Waals surface area contributed by atoms with Crippen LogP contribution in [0, 0.1) is 18.6 Å². The molecule has 1 heterocycles. The van der Waals surface area contributed by atoms with E-state index in [1.165, 1.54) is 0 Å². The smallest absolute Gasteiger partial charge is 0.182 e. The molecule has 0 saturated carbocycles. The Kier molecular flexibility index (Phi) is 4.30. The largest absolute Gasteiger partial charge is 0.490 e. The van der Waals surface area contributed by atoms with Gasteiger partial charge in [-0.1, -0.05) is 31.9 Å². The summed E-state index contributed by atoms with van der Waals surface area (Å²) in [5.41, 5.74) is 0.579. The second-order valence-electron chi connectivity index (χ2n) is 5.49. The van der Waals surface area contributed by atoms with Crippen molar-refractivity contribution >= 4 is 31.5 Å². The summed E-state index contributed by atoms with van der Waals surface area (Å²) in [6, 6.07) is 7.05. The van der Waals surface area contributed by atoms with Crippen LogP contribution in [0.2, 0.25) is 0 Å². The van der Waals surface area contributed by atoms with Crippen LogP contribution in [0.5, 0.6) is 5.75 Å². The van der Waals surface area contributed by atoms with E-state index in [1.54, 1.807) is 19.1 Å². The molecule has 0 radical (unpaired) electrons. The van der Waals surface area contributed by atoms with Crippen molar-refractivity contribution in [2.75, 3.05) is 6.61 Å². The third-order valence-electron chi connectivity index (χ3n) is 3.85. The second-order valence-corrected chi connectivity index (χ2v) is 6.51. The fraction of sp³-hybridized carbons (Fsp3) is 0.333. The summed E-state index contributed by atoms with van der Waals surface area (Å²) in [7, 11) is 0. The van der Waals surface area contributed by atoms with Gasteiger partial charge in [0.2, 0.25) is 0 Å². The van der Waals surface area contributed by atoms with Crippen LogP contribution in [-0.2, 0) is 0 Å². The van der Waals surface area contributed by atoms with Crippen molar-refractivity contribution < 1.29 is 13.5 Å². The van der Waals surface area contributed by atoms with Crippen molar-refractivity contribution in [1.29, 1.82) is 0 Å². The highest BCUT2D eigenvalue weighted by molar-refractivity contribution is 7.25. The predicted molar refractivity (Wildman–Crippen MR) is 89.0 cm³/mol. The molecule has 3 aromatic rings. The highest BCUT2D eigenvalue weighted by atomic mass is 32.1. The van der Waals surface area contributed by atoms with Crippen LogP contribution in [0.1, 0.15) is 31.7 Å². The molecule has 0 saturated heterocycles. The molecule has 0 aliphatic rings. The van der Waals surface area contributed by atoms with Gasteiger partial charge in [0.1, 0.15) is 5.82 Å².